The predicted molar refractivity (Wildman–Crippen MR) is 119 cm³/mol. The van der Waals surface area contributed by atoms with Gasteiger partial charge in [0, 0.05) is 25.0 Å². The summed E-state index contributed by atoms with van der Waals surface area (Å²) in [5, 5.41) is 3.23. The number of fused-ring (bicyclic) bond motifs is 1. The van der Waals surface area contributed by atoms with Gasteiger partial charge in [0.25, 0.3) is 5.91 Å². The summed E-state index contributed by atoms with van der Waals surface area (Å²) in [7, 11) is 0. The van der Waals surface area contributed by atoms with Gasteiger partial charge in [-0.1, -0.05) is 6.07 Å². The molecule has 3 heterocycles. The summed E-state index contributed by atoms with van der Waals surface area (Å²) in [4.78, 5) is 18.7. The fourth-order valence-corrected chi connectivity index (χ4v) is 5.12. The summed E-state index contributed by atoms with van der Waals surface area (Å²) in [5.74, 6) is -0.825. The van der Waals surface area contributed by atoms with Crippen LogP contribution in [0.25, 0.3) is 10.2 Å². The van der Waals surface area contributed by atoms with Gasteiger partial charge in [0.2, 0.25) is 0 Å². The molecule has 0 saturated carbocycles. The maximum atomic E-state index is 14.8. The molecule has 3 aromatic rings. The van der Waals surface area contributed by atoms with E-state index in [1.807, 2.05) is 18.7 Å². The molecule has 1 aromatic carbocycles. The SMILES string of the molecule is Cc1c(C(=O)NCc2ccc(N3CC(C)OC(C)C3)c(F)c2)sc2nc(C(F)(F)F)ccc12. The molecule has 2 atom stereocenters. The van der Waals surface area contributed by atoms with E-state index < -0.39 is 17.8 Å². The first-order chi connectivity index (χ1) is 15.5. The summed E-state index contributed by atoms with van der Waals surface area (Å²) in [5.41, 5.74) is 0.628. The Hall–Kier alpha value is -2.72. The Balaban J connectivity index is 1.47. The second-order valence-corrected chi connectivity index (χ2v) is 9.23. The lowest BCUT2D eigenvalue weighted by molar-refractivity contribution is -0.140. The van der Waals surface area contributed by atoms with Gasteiger partial charge in [0.1, 0.15) is 16.3 Å². The van der Waals surface area contributed by atoms with Gasteiger partial charge in [-0.2, -0.15) is 13.2 Å². The fourth-order valence-electron chi connectivity index (χ4n) is 4.03. The first-order valence-corrected chi connectivity index (χ1v) is 11.3. The molecule has 2 unspecified atom stereocenters. The molecule has 1 aliphatic rings. The maximum absolute atomic E-state index is 14.8. The van der Waals surface area contributed by atoms with Crippen molar-refractivity contribution < 1.29 is 27.1 Å². The lowest BCUT2D eigenvalue weighted by atomic mass is 10.1. The molecule has 0 aliphatic carbocycles. The summed E-state index contributed by atoms with van der Waals surface area (Å²) in [6.45, 7) is 6.82. The highest BCUT2D eigenvalue weighted by atomic mass is 32.1. The number of thiophene rings is 1. The van der Waals surface area contributed by atoms with E-state index in [2.05, 4.69) is 10.3 Å². The molecular formula is C23H23F4N3O2S. The number of alkyl halides is 3. The Labute approximate surface area is 192 Å². The van der Waals surface area contributed by atoms with E-state index in [-0.39, 0.29) is 34.3 Å². The number of hydrogen-bond acceptors (Lipinski definition) is 5. The molecule has 4 rings (SSSR count). The zero-order valence-corrected chi connectivity index (χ0v) is 19.1. The maximum Gasteiger partial charge on any atom is 0.433 e. The number of pyridine rings is 1. The van der Waals surface area contributed by atoms with E-state index in [9.17, 15) is 22.4 Å². The second-order valence-electron chi connectivity index (χ2n) is 8.23. The van der Waals surface area contributed by atoms with Crippen molar-refractivity contribution in [3.8, 4) is 0 Å². The Kier molecular flexibility index (Phi) is 6.32. The van der Waals surface area contributed by atoms with Crippen molar-refractivity contribution in [3.63, 3.8) is 0 Å². The predicted octanol–water partition coefficient (Wildman–Crippen LogP) is 5.31. The van der Waals surface area contributed by atoms with Crippen LogP contribution in [0.5, 0.6) is 0 Å². The first kappa shape index (κ1) is 23.4. The van der Waals surface area contributed by atoms with Crippen molar-refractivity contribution in [2.24, 2.45) is 0 Å². The molecule has 10 heteroatoms. The van der Waals surface area contributed by atoms with Crippen molar-refractivity contribution in [1.29, 1.82) is 0 Å². The van der Waals surface area contributed by atoms with E-state index >= 15 is 0 Å². The van der Waals surface area contributed by atoms with Crippen LogP contribution >= 0.6 is 11.3 Å². The van der Waals surface area contributed by atoms with Crippen molar-refractivity contribution in [1.82, 2.24) is 10.3 Å². The van der Waals surface area contributed by atoms with Crippen molar-refractivity contribution in [3.05, 3.63) is 57.8 Å². The van der Waals surface area contributed by atoms with Crippen LogP contribution in [0.2, 0.25) is 0 Å². The van der Waals surface area contributed by atoms with E-state index in [0.717, 1.165) is 17.4 Å². The average Bonchev–Trinajstić information content (AvgIpc) is 3.07. The van der Waals surface area contributed by atoms with Crippen LogP contribution in [0.15, 0.2) is 30.3 Å². The van der Waals surface area contributed by atoms with Gasteiger partial charge in [-0.25, -0.2) is 9.37 Å². The first-order valence-electron chi connectivity index (χ1n) is 10.5. The van der Waals surface area contributed by atoms with Crippen LogP contribution in [0.4, 0.5) is 23.2 Å². The number of anilines is 1. The number of nitrogens with one attached hydrogen (secondary N) is 1. The molecule has 0 radical (unpaired) electrons. The molecule has 2 aromatic heterocycles. The lowest BCUT2D eigenvalue weighted by Gasteiger charge is -2.37. The number of ether oxygens (including phenoxy) is 1. The third-order valence-electron chi connectivity index (χ3n) is 5.53. The molecular weight excluding hydrogens is 458 g/mol. The highest BCUT2D eigenvalue weighted by Crippen LogP contribution is 2.34. The standard InChI is InChI=1S/C23H23F4N3O2S/c1-12-10-30(11-13(2)32-12)18-6-4-15(8-17(18)24)9-28-21(31)20-14(3)16-5-7-19(23(25,26)27)29-22(16)33-20/h4-8,12-13H,9-11H2,1-3H3,(H,28,31). The molecule has 0 bridgehead atoms. The van der Waals surface area contributed by atoms with Crippen LogP contribution in [-0.2, 0) is 17.5 Å². The topological polar surface area (TPSA) is 54.5 Å². The number of morpholine rings is 1. The molecule has 5 nitrogen and oxygen atoms in total. The van der Waals surface area contributed by atoms with Gasteiger partial charge in [-0.3, -0.25) is 4.79 Å². The van der Waals surface area contributed by atoms with Crippen molar-refractivity contribution in [2.75, 3.05) is 18.0 Å². The molecule has 1 saturated heterocycles. The number of aryl methyl sites for hydroxylation is 1. The molecule has 1 aliphatic heterocycles. The zero-order chi connectivity index (χ0) is 23.9. The monoisotopic (exact) mass is 481 g/mol. The highest BCUT2D eigenvalue weighted by Gasteiger charge is 2.33. The number of carbonyl (C=O) groups excluding carboxylic acids is 1. The number of carbonyl (C=O) groups is 1. The lowest BCUT2D eigenvalue weighted by Crippen LogP contribution is -2.45. The number of benzene rings is 1. The number of amides is 1. The Morgan fingerprint density at radius 1 is 1.21 bits per heavy atom. The summed E-state index contributed by atoms with van der Waals surface area (Å²) >= 11 is 0.906. The quantitative estimate of drug-likeness (QED) is 0.514. The minimum absolute atomic E-state index is 0.00151. The van der Waals surface area contributed by atoms with Gasteiger partial charge in [0.05, 0.1) is 22.8 Å². The molecule has 0 spiro atoms. The van der Waals surface area contributed by atoms with E-state index in [0.29, 0.717) is 35.3 Å². The van der Waals surface area contributed by atoms with Crippen LogP contribution in [-0.4, -0.2) is 36.2 Å². The highest BCUT2D eigenvalue weighted by molar-refractivity contribution is 7.20. The fraction of sp³-hybridized carbons (Fsp3) is 0.391. The normalized spacial score (nSPS) is 19.2. The minimum Gasteiger partial charge on any atom is -0.372 e. The van der Waals surface area contributed by atoms with Crippen LogP contribution in [0, 0.1) is 12.7 Å². The van der Waals surface area contributed by atoms with E-state index in [1.54, 1.807) is 19.1 Å². The smallest absolute Gasteiger partial charge is 0.372 e. The number of aromatic nitrogens is 1. The van der Waals surface area contributed by atoms with Crippen LogP contribution in [0.3, 0.4) is 0 Å². The van der Waals surface area contributed by atoms with E-state index in [1.165, 1.54) is 12.1 Å². The number of nitrogens with zero attached hydrogens (tertiary/aromatic N) is 2. The molecule has 33 heavy (non-hydrogen) atoms. The summed E-state index contributed by atoms with van der Waals surface area (Å²) in [6, 6.07) is 7.06. The van der Waals surface area contributed by atoms with E-state index in [4.69, 9.17) is 4.74 Å². The molecule has 176 valence electrons. The summed E-state index contributed by atoms with van der Waals surface area (Å²) < 4.78 is 59.3. The van der Waals surface area contributed by atoms with Crippen LogP contribution < -0.4 is 10.2 Å². The van der Waals surface area contributed by atoms with Crippen molar-refractivity contribution in [2.45, 2.75) is 45.7 Å². The largest absolute Gasteiger partial charge is 0.433 e. The van der Waals surface area contributed by atoms with Gasteiger partial charge < -0.3 is 15.0 Å². The van der Waals surface area contributed by atoms with Gasteiger partial charge >= 0.3 is 6.18 Å². The third-order valence-corrected chi connectivity index (χ3v) is 6.73. The average molecular weight is 482 g/mol. The summed E-state index contributed by atoms with van der Waals surface area (Å²) in [6.07, 6.45) is -4.56. The molecule has 1 fully saturated rings. The van der Waals surface area contributed by atoms with Gasteiger partial charge in [0.15, 0.2) is 0 Å². The van der Waals surface area contributed by atoms with Gasteiger partial charge in [-0.15, -0.1) is 11.3 Å². The Morgan fingerprint density at radius 3 is 2.55 bits per heavy atom. The minimum atomic E-state index is -4.55. The van der Waals surface area contributed by atoms with Crippen molar-refractivity contribution >= 4 is 33.1 Å². The number of halogens is 4. The zero-order valence-electron chi connectivity index (χ0n) is 18.3. The Bertz CT molecular complexity index is 1180. The third kappa shape index (κ3) is 4.96. The molecule has 1 amide bonds. The van der Waals surface area contributed by atoms with Crippen LogP contribution in [0.1, 0.15) is 40.3 Å². The number of hydrogen-bond donors (Lipinski definition) is 1. The number of rotatable bonds is 4. The molecule has 1 N–H and O–H groups in total. The van der Waals surface area contributed by atoms with Gasteiger partial charge in [-0.05, 0) is 56.2 Å². The second kappa shape index (κ2) is 8.90. The Morgan fingerprint density at radius 2 is 1.91 bits per heavy atom.